The fourth-order valence-electron chi connectivity index (χ4n) is 5.05. The molecule has 0 amide bonds. The van der Waals surface area contributed by atoms with Crippen LogP contribution in [0.3, 0.4) is 0 Å². The van der Waals surface area contributed by atoms with Gasteiger partial charge in [0.25, 0.3) is 0 Å². The minimum Gasteiger partial charge on any atom is -0.507 e. The first-order valence-electron chi connectivity index (χ1n) is 19.3. The minimum atomic E-state index is -1.39. The molecule has 0 fully saturated rings. The molecule has 0 unspecified atom stereocenters. The zero-order chi connectivity index (χ0) is 42.5. The molecule has 9 heteroatoms. The van der Waals surface area contributed by atoms with Crippen LogP contribution >= 0.6 is 0 Å². The Bertz CT molecular complexity index is 1390. The summed E-state index contributed by atoms with van der Waals surface area (Å²) >= 11 is 0. The minimum absolute atomic E-state index is 0.184. The molecule has 0 spiro atoms. The first kappa shape index (κ1) is 51.0. The average Bonchev–Trinajstić information content (AvgIpc) is 3.07. The first-order chi connectivity index (χ1) is 24.5. The van der Waals surface area contributed by atoms with Crippen molar-refractivity contribution in [2.75, 3.05) is 33.0 Å². The summed E-state index contributed by atoms with van der Waals surface area (Å²) in [5.41, 5.74) is 4.82. The van der Waals surface area contributed by atoms with Gasteiger partial charge < -0.3 is 35.4 Å². The fraction of sp³-hybridized carbons (Fsp3) is 0.689. The van der Waals surface area contributed by atoms with E-state index in [1.165, 1.54) is 49.8 Å². The maximum atomic E-state index is 12.0. The summed E-state index contributed by atoms with van der Waals surface area (Å²) in [4.78, 5) is 22.1. The molecule has 0 atom stereocenters. The van der Waals surface area contributed by atoms with Gasteiger partial charge in [0, 0.05) is 0 Å². The smallest absolute Gasteiger partial charge is 0.316 e. The van der Waals surface area contributed by atoms with Gasteiger partial charge in [-0.05, 0) is 94.6 Å². The fourth-order valence-corrected chi connectivity index (χ4v) is 5.05. The van der Waals surface area contributed by atoms with E-state index < -0.39 is 49.2 Å². The van der Waals surface area contributed by atoms with E-state index in [9.17, 15) is 24.9 Å². The highest BCUT2D eigenvalue weighted by Crippen LogP contribution is 2.40. The Hall–Kier alpha value is -2.98. The molecule has 9 nitrogen and oxygen atoms in total. The second kappa shape index (κ2) is 20.8. The van der Waals surface area contributed by atoms with Crippen LogP contribution in [-0.2, 0) is 48.8 Å². The number of carboxylic acids is 1. The van der Waals surface area contributed by atoms with Crippen LogP contribution in [0.4, 0.5) is 0 Å². The van der Waals surface area contributed by atoms with E-state index in [1.807, 2.05) is 12.1 Å². The van der Waals surface area contributed by atoms with E-state index in [0.717, 1.165) is 16.7 Å². The topological polar surface area (TPSA) is 165 Å². The van der Waals surface area contributed by atoms with E-state index in [0.29, 0.717) is 18.6 Å². The number of aromatic hydroxyl groups is 1. The Balaban J connectivity index is 0.000000889. The Morgan fingerprint density at radius 3 is 1.22 bits per heavy atom. The van der Waals surface area contributed by atoms with Crippen LogP contribution in [0.5, 0.6) is 5.75 Å². The van der Waals surface area contributed by atoms with Crippen LogP contribution in [0.1, 0.15) is 156 Å². The van der Waals surface area contributed by atoms with Gasteiger partial charge in [0.1, 0.15) is 16.6 Å². The van der Waals surface area contributed by atoms with Gasteiger partial charge in [0.05, 0.1) is 33.0 Å². The van der Waals surface area contributed by atoms with Gasteiger partial charge in [-0.3, -0.25) is 9.59 Å². The number of aliphatic hydroxyl groups is 4. The molecular formula is C45H76O9. The molecule has 0 aliphatic rings. The van der Waals surface area contributed by atoms with E-state index in [1.54, 1.807) is 0 Å². The van der Waals surface area contributed by atoms with Gasteiger partial charge in [-0.15, -0.1) is 0 Å². The third kappa shape index (κ3) is 16.0. The lowest BCUT2D eigenvalue weighted by Crippen LogP contribution is -2.37. The standard InChI is InChI=1S/C22H36O5.C18H30.C5H10O4/c1-20(2,3)16-11-15(12-17(18(16)25)21(4,5)6)9-8-10-27-19(26)22(7,13-23)14-24;1-8-9-10-14-11-15(17(2,3)4)13-16(12-14)18(5,6)7;1-5(2-6,3-7)4(8)9/h11-12,23-25H,8-10,13-14H2,1-7H3;11-13H,8-10H2,1-7H3;6-7H,2-3H2,1H3,(H,8,9). The third-order valence-corrected chi connectivity index (χ3v) is 9.58. The number of esters is 1. The van der Waals surface area contributed by atoms with Crippen molar-refractivity contribution in [1.82, 2.24) is 0 Å². The summed E-state index contributed by atoms with van der Waals surface area (Å²) in [6, 6.07) is 11.3. The molecule has 0 saturated heterocycles. The number of benzene rings is 2. The lowest BCUT2D eigenvalue weighted by Gasteiger charge is -2.28. The summed E-state index contributed by atoms with van der Waals surface area (Å²) in [6.07, 6.45) is 5.09. The van der Waals surface area contributed by atoms with Crippen LogP contribution < -0.4 is 0 Å². The van der Waals surface area contributed by atoms with Crippen molar-refractivity contribution >= 4 is 11.9 Å². The van der Waals surface area contributed by atoms with Crippen molar-refractivity contribution in [1.29, 1.82) is 0 Å². The van der Waals surface area contributed by atoms with E-state index in [4.69, 9.17) is 20.1 Å². The second-order valence-corrected chi connectivity index (χ2v) is 19.4. The van der Waals surface area contributed by atoms with Crippen LogP contribution in [0.25, 0.3) is 0 Å². The van der Waals surface area contributed by atoms with Gasteiger partial charge in [-0.25, -0.2) is 0 Å². The first-order valence-corrected chi connectivity index (χ1v) is 19.3. The number of phenols is 1. The molecule has 0 aliphatic carbocycles. The number of carbonyl (C=O) groups excluding carboxylic acids is 1. The molecule has 2 aromatic rings. The number of aryl methyl sites for hydroxylation is 2. The zero-order valence-corrected chi connectivity index (χ0v) is 36.4. The average molecular weight is 761 g/mol. The van der Waals surface area contributed by atoms with Crippen LogP contribution in [0.2, 0.25) is 0 Å². The number of rotatable bonds is 13. The predicted molar refractivity (Wildman–Crippen MR) is 219 cm³/mol. The Morgan fingerprint density at radius 2 is 0.926 bits per heavy atom. The quantitative estimate of drug-likeness (QED) is 0.0874. The van der Waals surface area contributed by atoms with E-state index in [2.05, 4.69) is 108 Å². The highest BCUT2D eigenvalue weighted by atomic mass is 16.5. The molecular weight excluding hydrogens is 684 g/mol. The number of unbranched alkanes of at least 4 members (excludes halogenated alkanes) is 1. The van der Waals surface area contributed by atoms with Gasteiger partial charge in [-0.2, -0.15) is 0 Å². The van der Waals surface area contributed by atoms with Gasteiger partial charge in [0.2, 0.25) is 0 Å². The van der Waals surface area contributed by atoms with Crippen molar-refractivity contribution < 1.29 is 45.0 Å². The summed E-state index contributed by atoms with van der Waals surface area (Å²) in [5, 5.41) is 54.4. The molecule has 0 bridgehead atoms. The highest BCUT2D eigenvalue weighted by molar-refractivity contribution is 5.76. The van der Waals surface area contributed by atoms with Crippen molar-refractivity contribution in [3.05, 3.63) is 63.7 Å². The number of aliphatic carboxylic acids is 1. The van der Waals surface area contributed by atoms with Crippen LogP contribution in [0.15, 0.2) is 30.3 Å². The maximum absolute atomic E-state index is 12.0. The van der Waals surface area contributed by atoms with Crippen molar-refractivity contribution in [2.24, 2.45) is 10.8 Å². The number of phenolic OH excluding ortho intramolecular Hbond substituents is 1. The van der Waals surface area contributed by atoms with E-state index >= 15 is 0 Å². The highest BCUT2D eigenvalue weighted by Gasteiger charge is 2.34. The number of aliphatic hydroxyl groups excluding tert-OH is 4. The molecule has 0 radical (unpaired) electrons. The SMILES string of the molecule is CC(CO)(CO)C(=O)O.CC(CO)(CO)C(=O)OCCCc1cc(C(C)(C)C)c(O)c(C(C)(C)C)c1.CCCCc1cc(C(C)(C)C)cc(C(C)(C)C)c1. The molecule has 0 aliphatic heterocycles. The molecule has 6 N–H and O–H groups in total. The summed E-state index contributed by atoms with van der Waals surface area (Å²) in [7, 11) is 0. The lowest BCUT2D eigenvalue weighted by atomic mass is 9.78. The monoisotopic (exact) mass is 761 g/mol. The van der Waals surface area contributed by atoms with Crippen molar-refractivity contribution in [3.63, 3.8) is 0 Å². The second-order valence-electron chi connectivity index (χ2n) is 19.4. The molecule has 2 aromatic carbocycles. The molecule has 0 aromatic heterocycles. The van der Waals surface area contributed by atoms with E-state index in [-0.39, 0.29) is 28.3 Å². The molecule has 310 valence electrons. The molecule has 2 rings (SSSR count). The Kier molecular flexibility index (Phi) is 19.7. The van der Waals surface area contributed by atoms with Crippen LogP contribution in [0, 0.1) is 10.8 Å². The zero-order valence-electron chi connectivity index (χ0n) is 36.4. The summed E-state index contributed by atoms with van der Waals surface area (Å²) < 4.78 is 5.22. The predicted octanol–water partition coefficient (Wildman–Crippen LogP) is 8.14. The number of ether oxygens (including phenoxy) is 1. The number of hydrogen-bond acceptors (Lipinski definition) is 8. The third-order valence-electron chi connectivity index (χ3n) is 9.58. The summed E-state index contributed by atoms with van der Waals surface area (Å²) in [6.45, 7) is 29.5. The normalized spacial score (nSPS) is 12.6. The molecule has 0 saturated carbocycles. The van der Waals surface area contributed by atoms with Gasteiger partial charge in [-0.1, -0.05) is 127 Å². The summed E-state index contributed by atoms with van der Waals surface area (Å²) in [5.74, 6) is -1.43. The van der Waals surface area contributed by atoms with Crippen LogP contribution in [-0.4, -0.2) is 75.6 Å². The maximum Gasteiger partial charge on any atom is 0.316 e. The molecule has 54 heavy (non-hydrogen) atoms. The number of hydrogen-bond donors (Lipinski definition) is 6. The van der Waals surface area contributed by atoms with Gasteiger partial charge in [0.15, 0.2) is 0 Å². The number of carboxylic acid groups (broad SMARTS) is 1. The van der Waals surface area contributed by atoms with Crippen molar-refractivity contribution in [3.8, 4) is 5.75 Å². The molecule has 0 heterocycles. The lowest BCUT2D eigenvalue weighted by molar-refractivity contribution is -0.160. The largest absolute Gasteiger partial charge is 0.507 e. The Labute approximate surface area is 327 Å². The Morgan fingerprint density at radius 1 is 0.556 bits per heavy atom. The number of carbonyl (C=O) groups is 2. The van der Waals surface area contributed by atoms with Gasteiger partial charge >= 0.3 is 11.9 Å². The van der Waals surface area contributed by atoms with Crippen molar-refractivity contribution in [2.45, 2.75) is 158 Å².